The highest BCUT2D eigenvalue weighted by Gasteiger charge is 2.27. The van der Waals surface area contributed by atoms with E-state index in [0.717, 1.165) is 6.42 Å². The van der Waals surface area contributed by atoms with Crippen molar-refractivity contribution in [3.63, 3.8) is 0 Å². The molecule has 102 valence electrons. The van der Waals surface area contributed by atoms with Crippen molar-refractivity contribution in [3.8, 4) is 5.75 Å². The number of amides is 1. The number of hydrogen-bond donors (Lipinski definition) is 2. The van der Waals surface area contributed by atoms with Gasteiger partial charge < -0.3 is 15.2 Å². The molecule has 0 fully saturated rings. The number of nitrogens with one attached hydrogen (secondary N) is 1. The molecule has 1 aliphatic rings. The molecule has 5 heteroatoms. The van der Waals surface area contributed by atoms with Gasteiger partial charge in [0.05, 0.1) is 11.6 Å². The number of hydrogen-bond acceptors (Lipinski definition) is 3. The topological polar surface area (TPSA) is 75.6 Å². The molecule has 2 unspecified atom stereocenters. The average Bonchev–Trinajstić information content (AvgIpc) is 2.38. The fourth-order valence-corrected chi connectivity index (χ4v) is 2.23. The van der Waals surface area contributed by atoms with E-state index in [0.29, 0.717) is 17.0 Å². The van der Waals surface area contributed by atoms with Crippen LogP contribution in [0.3, 0.4) is 0 Å². The van der Waals surface area contributed by atoms with Crippen LogP contribution in [0.5, 0.6) is 5.75 Å². The van der Waals surface area contributed by atoms with Gasteiger partial charge in [0.1, 0.15) is 5.75 Å². The molecule has 19 heavy (non-hydrogen) atoms. The first-order valence-corrected chi connectivity index (χ1v) is 6.32. The largest absolute Gasteiger partial charge is 0.482 e. The Morgan fingerprint density at radius 1 is 1.53 bits per heavy atom. The molecule has 2 N–H and O–H groups in total. The maximum Gasteiger partial charge on any atom is 0.311 e. The number of aliphatic carboxylic acids is 1. The Labute approximate surface area is 111 Å². The molecule has 2 rings (SSSR count). The van der Waals surface area contributed by atoms with Crippen LogP contribution in [0.1, 0.15) is 31.7 Å². The lowest BCUT2D eigenvalue weighted by atomic mass is 9.85. The van der Waals surface area contributed by atoms with E-state index in [1.807, 2.05) is 13.8 Å². The Morgan fingerprint density at radius 2 is 2.26 bits per heavy atom. The van der Waals surface area contributed by atoms with E-state index >= 15 is 0 Å². The van der Waals surface area contributed by atoms with Gasteiger partial charge in [-0.15, -0.1) is 0 Å². The zero-order valence-electron chi connectivity index (χ0n) is 11.0. The third kappa shape index (κ3) is 2.70. The summed E-state index contributed by atoms with van der Waals surface area (Å²) in [6, 6.07) is 5.14. The number of fused-ring (bicyclic) bond motifs is 1. The number of carbonyl (C=O) groups is 2. The van der Waals surface area contributed by atoms with E-state index in [-0.39, 0.29) is 18.4 Å². The van der Waals surface area contributed by atoms with Crippen LogP contribution < -0.4 is 10.1 Å². The smallest absolute Gasteiger partial charge is 0.311 e. The van der Waals surface area contributed by atoms with Crippen molar-refractivity contribution in [1.82, 2.24) is 0 Å². The molecule has 0 saturated heterocycles. The van der Waals surface area contributed by atoms with Gasteiger partial charge in [-0.1, -0.05) is 26.3 Å². The Kier molecular flexibility index (Phi) is 3.74. The number of carboxylic acids is 1. The lowest BCUT2D eigenvalue weighted by Crippen LogP contribution is -2.26. The van der Waals surface area contributed by atoms with Gasteiger partial charge in [0, 0.05) is 0 Å². The zero-order chi connectivity index (χ0) is 14.0. The molecule has 1 aromatic rings. The summed E-state index contributed by atoms with van der Waals surface area (Å²) in [7, 11) is 0. The third-order valence-corrected chi connectivity index (χ3v) is 3.48. The molecule has 0 spiro atoms. The summed E-state index contributed by atoms with van der Waals surface area (Å²) >= 11 is 0. The Morgan fingerprint density at radius 3 is 2.89 bits per heavy atom. The van der Waals surface area contributed by atoms with E-state index in [1.54, 1.807) is 18.2 Å². The minimum Gasteiger partial charge on any atom is -0.482 e. The average molecular weight is 263 g/mol. The minimum absolute atomic E-state index is 0.0302. The molecule has 5 nitrogen and oxygen atoms in total. The number of carbonyl (C=O) groups excluding carboxylic acids is 1. The van der Waals surface area contributed by atoms with E-state index in [2.05, 4.69) is 5.32 Å². The Bertz CT molecular complexity index is 512. The highest BCUT2D eigenvalue weighted by Crippen LogP contribution is 2.34. The van der Waals surface area contributed by atoms with Gasteiger partial charge >= 0.3 is 5.97 Å². The predicted octanol–water partition coefficient (Wildman–Crippen LogP) is 2.23. The number of carboxylic acid groups (broad SMARTS) is 1. The summed E-state index contributed by atoms with van der Waals surface area (Å²) in [4.78, 5) is 22.6. The van der Waals surface area contributed by atoms with Crippen molar-refractivity contribution in [2.24, 2.45) is 5.92 Å². The lowest BCUT2D eigenvalue weighted by molar-refractivity contribution is -0.140. The van der Waals surface area contributed by atoms with Gasteiger partial charge in [0.15, 0.2) is 6.61 Å². The monoisotopic (exact) mass is 263 g/mol. The molecular weight excluding hydrogens is 246 g/mol. The number of rotatable bonds is 4. The molecule has 0 aliphatic carbocycles. The first-order chi connectivity index (χ1) is 9.02. The first kappa shape index (κ1) is 13.4. The Balaban J connectivity index is 2.34. The van der Waals surface area contributed by atoms with Crippen LogP contribution in [0.4, 0.5) is 5.69 Å². The summed E-state index contributed by atoms with van der Waals surface area (Å²) in [6.07, 6.45) is 0.783. The molecule has 0 aromatic heterocycles. The molecule has 0 bridgehead atoms. The maximum absolute atomic E-state index is 11.4. The van der Waals surface area contributed by atoms with Gasteiger partial charge in [0.25, 0.3) is 5.91 Å². The highest BCUT2D eigenvalue weighted by molar-refractivity contribution is 5.95. The van der Waals surface area contributed by atoms with E-state index in [9.17, 15) is 14.7 Å². The fourth-order valence-electron chi connectivity index (χ4n) is 2.23. The second kappa shape index (κ2) is 5.30. The zero-order valence-corrected chi connectivity index (χ0v) is 11.0. The van der Waals surface area contributed by atoms with Crippen LogP contribution in [0, 0.1) is 5.92 Å². The number of ether oxygens (including phenoxy) is 1. The van der Waals surface area contributed by atoms with Crippen molar-refractivity contribution >= 4 is 17.6 Å². The van der Waals surface area contributed by atoms with E-state index in [4.69, 9.17) is 4.74 Å². The summed E-state index contributed by atoms with van der Waals surface area (Å²) in [5.41, 5.74) is 1.30. The maximum atomic E-state index is 11.4. The normalized spacial score (nSPS) is 16.8. The van der Waals surface area contributed by atoms with Crippen LogP contribution in [0.25, 0.3) is 0 Å². The summed E-state index contributed by atoms with van der Waals surface area (Å²) in [5, 5.41) is 12.1. The summed E-state index contributed by atoms with van der Waals surface area (Å²) in [5.74, 6) is -1.02. The van der Waals surface area contributed by atoms with E-state index < -0.39 is 11.9 Å². The van der Waals surface area contributed by atoms with Gasteiger partial charge in [-0.05, 0) is 23.6 Å². The summed E-state index contributed by atoms with van der Waals surface area (Å²) < 4.78 is 5.31. The van der Waals surface area contributed by atoms with Crippen LogP contribution in [-0.2, 0) is 9.59 Å². The molecule has 1 aromatic carbocycles. The molecule has 0 radical (unpaired) electrons. The molecule has 1 amide bonds. The SMILES string of the molecule is CCC(C)C(C(=O)O)c1ccc2c(c1)OCC(=O)N2. The molecule has 2 atom stereocenters. The van der Waals surface area contributed by atoms with Crippen molar-refractivity contribution in [2.75, 3.05) is 11.9 Å². The van der Waals surface area contributed by atoms with Crippen molar-refractivity contribution in [3.05, 3.63) is 23.8 Å². The number of benzene rings is 1. The quantitative estimate of drug-likeness (QED) is 0.873. The molecule has 1 aliphatic heterocycles. The fraction of sp³-hybridized carbons (Fsp3) is 0.429. The molecular formula is C14H17NO4. The lowest BCUT2D eigenvalue weighted by Gasteiger charge is -2.23. The van der Waals surface area contributed by atoms with Crippen molar-refractivity contribution in [1.29, 1.82) is 0 Å². The third-order valence-electron chi connectivity index (χ3n) is 3.48. The first-order valence-electron chi connectivity index (χ1n) is 6.32. The number of anilines is 1. The van der Waals surface area contributed by atoms with Crippen molar-refractivity contribution in [2.45, 2.75) is 26.2 Å². The van der Waals surface area contributed by atoms with Crippen LogP contribution in [0.2, 0.25) is 0 Å². The minimum atomic E-state index is -0.839. The molecule has 1 heterocycles. The summed E-state index contributed by atoms with van der Waals surface area (Å²) in [6.45, 7) is 3.86. The van der Waals surface area contributed by atoms with Crippen LogP contribution in [0.15, 0.2) is 18.2 Å². The van der Waals surface area contributed by atoms with Gasteiger partial charge in [-0.2, -0.15) is 0 Å². The second-order valence-corrected chi connectivity index (χ2v) is 4.79. The highest BCUT2D eigenvalue weighted by atomic mass is 16.5. The van der Waals surface area contributed by atoms with Gasteiger partial charge in [0.2, 0.25) is 0 Å². The van der Waals surface area contributed by atoms with Crippen LogP contribution >= 0.6 is 0 Å². The Hall–Kier alpha value is -2.04. The van der Waals surface area contributed by atoms with Crippen molar-refractivity contribution < 1.29 is 19.4 Å². The predicted molar refractivity (Wildman–Crippen MR) is 70.4 cm³/mol. The van der Waals surface area contributed by atoms with Gasteiger partial charge in [-0.3, -0.25) is 9.59 Å². The second-order valence-electron chi connectivity index (χ2n) is 4.79. The van der Waals surface area contributed by atoms with Gasteiger partial charge in [-0.25, -0.2) is 0 Å². The van der Waals surface area contributed by atoms with E-state index in [1.165, 1.54) is 0 Å². The standard InChI is InChI=1S/C14H17NO4/c1-3-8(2)13(14(17)18)9-4-5-10-11(6-9)19-7-12(16)15-10/h4-6,8,13H,3,7H2,1-2H3,(H,15,16)(H,17,18). The molecule has 0 saturated carbocycles. The van der Waals surface area contributed by atoms with Crippen LogP contribution in [-0.4, -0.2) is 23.6 Å².